The van der Waals surface area contributed by atoms with Crippen molar-refractivity contribution in [3.8, 4) is 0 Å². The fourth-order valence-corrected chi connectivity index (χ4v) is 2.69. The summed E-state index contributed by atoms with van der Waals surface area (Å²) in [5.74, 6) is -0.780. The number of rotatable bonds is 3. The van der Waals surface area contributed by atoms with Crippen LogP contribution in [0.4, 0.5) is 8.78 Å². The molecular formula is C14H12F2OS. The minimum absolute atomic E-state index is 0.332. The molecule has 0 saturated carbocycles. The smallest absolute Gasteiger partial charge is 0.137 e. The van der Waals surface area contributed by atoms with Gasteiger partial charge in [-0.05, 0) is 36.8 Å². The molecule has 0 unspecified atom stereocenters. The van der Waals surface area contributed by atoms with Crippen LogP contribution in [-0.2, 0) is 0 Å². The Balaban J connectivity index is 2.39. The normalized spacial score (nSPS) is 12.4. The number of hydrogen-bond acceptors (Lipinski definition) is 2. The number of aliphatic hydroxyl groups is 1. The first-order valence-corrected chi connectivity index (χ1v) is 6.29. The lowest BCUT2D eigenvalue weighted by Crippen LogP contribution is -1.96. The van der Waals surface area contributed by atoms with Crippen molar-refractivity contribution >= 4 is 11.8 Å². The van der Waals surface area contributed by atoms with Crippen LogP contribution in [0.5, 0.6) is 0 Å². The average molecular weight is 266 g/mol. The summed E-state index contributed by atoms with van der Waals surface area (Å²) in [6.07, 6.45) is -0.767. The molecule has 0 fully saturated rings. The van der Waals surface area contributed by atoms with Crippen molar-refractivity contribution in [2.45, 2.75) is 22.8 Å². The molecule has 4 heteroatoms. The Bertz CT molecular complexity index is 555. The van der Waals surface area contributed by atoms with E-state index >= 15 is 0 Å². The molecule has 0 radical (unpaired) electrons. The molecule has 0 heterocycles. The molecule has 1 atom stereocenters. The van der Waals surface area contributed by atoms with Gasteiger partial charge in [0.05, 0.1) is 11.0 Å². The molecule has 1 N–H and O–H groups in total. The molecule has 2 aromatic rings. The van der Waals surface area contributed by atoms with Gasteiger partial charge in [-0.2, -0.15) is 0 Å². The molecule has 0 aliphatic rings. The van der Waals surface area contributed by atoms with Gasteiger partial charge in [0.25, 0.3) is 0 Å². The van der Waals surface area contributed by atoms with Crippen LogP contribution in [-0.4, -0.2) is 5.11 Å². The van der Waals surface area contributed by atoms with Crippen LogP contribution in [0.3, 0.4) is 0 Å². The van der Waals surface area contributed by atoms with Gasteiger partial charge < -0.3 is 5.11 Å². The summed E-state index contributed by atoms with van der Waals surface area (Å²) < 4.78 is 26.8. The Hall–Kier alpha value is -1.39. The second-order valence-corrected chi connectivity index (χ2v) is 4.98. The molecule has 2 rings (SSSR count). The van der Waals surface area contributed by atoms with Gasteiger partial charge in [0.1, 0.15) is 11.6 Å². The third-order valence-corrected chi connectivity index (χ3v) is 3.59. The predicted molar refractivity (Wildman–Crippen MR) is 67.6 cm³/mol. The lowest BCUT2D eigenvalue weighted by Gasteiger charge is -2.12. The third-order valence-electron chi connectivity index (χ3n) is 2.46. The van der Waals surface area contributed by atoms with Gasteiger partial charge in [0.2, 0.25) is 0 Å². The number of hydrogen-bond donors (Lipinski definition) is 1. The van der Waals surface area contributed by atoms with Crippen molar-refractivity contribution in [2.24, 2.45) is 0 Å². The first kappa shape index (κ1) is 13.1. The minimum Gasteiger partial charge on any atom is -0.389 e. The third kappa shape index (κ3) is 2.89. The highest BCUT2D eigenvalue weighted by molar-refractivity contribution is 7.99. The summed E-state index contributed by atoms with van der Waals surface area (Å²) in [5, 5.41) is 9.61. The van der Waals surface area contributed by atoms with Crippen molar-refractivity contribution in [1.29, 1.82) is 0 Å². The lowest BCUT2D eigenvalue weighted by molar-refractivity contribution is 0.195. The van der Waals surface area contributed by atoms with E-state index in [-0.39, 0.29) is 5.82 Å². The quantitative estimate of drug-likeness (QED) is 0.899. The Morgan fingerprint density at radius 2 is 1.83 bits per heavy atom. The lowest BCUT2D eigenvalue weighted by atomic mass is 10.1. The molecule has 18 heavy (non-hydrogen) atoms. The van der Waals surface area contributed by atoms with Crippen LogP contribution in [0.1, 0.15) is 18.6 Å². The number of halogens is 2. The van der Waals surface area contributed by atoms with Gasteiger partial charge in [0.15, 0.2) is 0 Å². The highest BCUT2D eigenvalue weighted by Gasteiger charge is 2.13. The topological polar surface area (TPSA) is 20.2 Å². The van der Waals surface area contributed by atoms with E-state index in [2.05, 4.69) is 0 Å². The fourth-order valence-electron chi connectivity index (χ4n) is 1.61. The SMILES string of the molecule is C[C@@H](O)c1cccc(F)c1Sc1cccc(F)c1. The molecule has 1 nitrogen and oxygen atoms in total. The predicted octanol–water partition coefficient (Wildman–Crippen LogP) is 4.17. The standard InChI is InChI=1S/C14H12F2OS/c1-9(17)12-6-3-7-13(16)14(12)18-11-5-2-4-10(15)8-11/h2-9,17H,1H3/t9-/m1/s1. The zero-order valence-corrected chi connectivity index (χ0v) is 10.5. The molecule has 0 saturated heterocycles. The molecule has 94 valence electrons. The van der Waals surface area contributed by atoms with Crippen molar-refractivity contribution in [3.63, 3.8) is 0 Å². The second kappa shape index (κ2) is 5.50. The van der Waals surface area contributed by atoms with Gasteiger partial charge in [0, 0.05) is 4.90 Å². The summed E-state index contributed by atoms with van der Waals surface area (Å²) >= 11 is 1.11. The van der Waals surface area contributed by atoms with E-state index in [0.717, 1.165) is 11.8 Å². The van der Waals surface area contributed by atoms with Crippen LogP contribution in [0, 0.1) is 11.6 Å². The van der Waals surface area contributed by atoms with Gasteiger partial charge >= 0.3 is 0 Å². The van der Waals surface area contributed by atoms with E-state index in [9.17, 15) is 13.9 Å². The maximum atomic E-state index is 13.8. The molecule has 0 bridgehead atoms. The van der Waals surface area contributed by atoms with E-state index in [1.165, 1.54) is 18.2 Å². The molecule has 0 aliphatic heterocycles. The van der Waals surface area contributed by atoms with Gasteiger partial charge in [-0.15, -0.1) is 0 Å². The minimum atomic E-state index is -0.767. The summed E-state index contributed by atoms with van der Waals surface area (Å²) in [5.41, 5.74) is 0.504. The van der Waals surface area contributed by atoms with Crippen LogP contribution >= 0.6 is 11.8 Å². The first-order valence-electron chi connectivity index (χ1n) is 5.48. The van der Waals surface area contributed by atoms with Crippen LogP contribution in [0.15, 0.2) is 52.3 Å². The molecule has 0 spiro atoms. The molecular weight excluding hydrogens is 254 g/mol. The van der Waals surface area contributed by atoms with E-state index < -0.39 is 11.9 Å². The van der Waals surface area contributed by atoms with Crippen molar-refractivity contribution < 1.29 is 13.9 Å². The fraction of sp³-hybridized carbons (Fsp3) is 0.143. The average Bonchev–Trinajstić information content (AvgIpc) is 2.31. The molecule has 2 aromatic carbocycles. The Kier molecular flexibility index (Phi) is 3.99. The number of aliphatic hydroxyl groups excluding tert-OH is 1. The van der Waals surface area contributed by atoms with Crippen molar-refractivity contribution in [3.05, 3.63) is 59.7 Å². The summed E-state index contributed by atoms with van der Waals surface area (Å²) in [4.78, 5) is 0.931. The zero-order valence-electron chi connectivity index (χ0n) is 9.73. The number of benzene rings is 2. The molecule has 0 amide bonds. The first-order chi connectivity index (χ1) is 8.58. The van der Waals surface area contributed by atoms with Gasteiger partial charge in [-0.25, -0.2) is 8.78 Å². The van der Waals surface area contributed by atoms with Gasteiger partial charge in [-0.1, -0.05) is 30.0 Å². The zero-order chi connectivity index (χ0) is 13.1. The van der Waals surface area contributed by atoms with Gasteiger partial charge in [-0.3, -0.25) is 0 Å². The molecule has 0 aliphatic carbocycles. The Labute approximate surface area is 108 Å². The summed E-state index contributed by atoms with van der Waals surface area (Å²) in [7, 11) is 0. The summed E-state index contributed by atoms with van der Waals surface area (Å²) in [6.45, 7) is 1.57. The maximum Gasteiger partial charge on any atom is 0.137 e. The maximum absolute atomic E-state index is 13.8. The van der Waals surface area contributed by atoms with E-state index in [1.54, 1.807) is 31.2 Å². The second-order valence-electron chi connectivity index (χ2n) is 3.89. The monoisotopic (exact) mass is 266 g/mol. The Morgan fingerprint density at radius 1 is 1.11 bits per heavy atom. The van der Waals surface area contributed by atoms with Crippen LogP contribution in [0.25, 0.3) is 0 Å². The molecule has 0 aromatic heterocycles. The largest absolute Gasteiger partial charge is 0.389 e. The van der Waals surface area contributed by atoms with E-state index in [1.807, 2.05) is 0 Å². The van der Waals surface area contributed by atoms with Crippen LogP contribution < -0.4 is 0 Å². The Morgan fingerprint density at radius 3 is 2.50 bits per heavy atom. The highest BCUT2D eigenvalue weighted by Crippen LogP contribution is 2.35. The van der Waals surface area contributed by atoms with Crippen LogP contribution in [0.2, 0.25) is 0 Å². The summed E-state index contributed by atoms with van der Waals surface area (Å²) in [6, 6.07) is 10.5. The van der Waals surface area contributed by atoms with E-state index in [4.69, 9.17) is 0 Å². The highest BCUT2D eigenvalue weighted by atomic mass is 32.2. The van der Waals surface area contributed by atoms with Crippen molar-refractivity contribution in [1.82, 2.24) is 0 Å². The van der Waals surface area contributed by atoms with Crippen molar-refractivity contribution in [2.75, 3.05) is 0 Å². The van der Waals surface area contributed by atoms with E-state index in [0.29, 0.717) is 15.4 Å².